The summed E-state index contributed by atoms with van der Waals surface area (Å²) >= 11 is 0. The van der Waals surface area contributed by atoms with Crippen LogP contribution in [0.1, 0.15) is 11.1 Å². The average Bonchev–Trinajstić information content (AvgIpc) is 2.79. The smallest absolute Gasteiger partial charge is 0.280 e. The largest absolute Gasteiger partial charge is 0.505 e. The van der Waals surface area contributed by atoms with Gasteiger partial charge in [-0.25, -0.2) is 0 Å². The Labute approximate surface area is 179 Å². The number of aryl methyl sites for hydroxylation is 1. The van der Waals surface area contributed by atoms with Gasteiger partial charge >= 0.3 is 0 Å². The van der Waals surface area contributed by atoms with E-state index in [1.54, 1.807) is 48.5 Å². The van der Waals surface area contributed by atoms with Crippen LogP contribution in [0.2, 0.25) is 0 Å². The zero-order valence-corrected chi connectivity index (χ0v) is 16.9. The van der Waals surface area contributed by atoms with Gasteiger partial charge < -0.3 is 19.9 Å². The Morgan fingerprint density at radius 2 is 1.71 bits per heavy atom. The Hall–Kier alpha value is -4.13. The highest BCUT2D eigenvalue weighted by Crippen LogP contribution is 2.34. The second-order valence-corrected chi connectivity index (χ2v) is 6.91. The third-order valence-corrected chi connectivity index (χ3v) is 4.55. The zero-order valence-electron chi connectivity index (χ0n) is 16.9. The third kappa shape index (κ3) is 4.90. The van der Waals surface area contributed by atoms with Gasteiger partial charge in [-0.1, -0.05) is 42.5 Å². The topological polar surface area (TPSA) is 92.5 Å². The van der Waals surface area contributed by atoms with Gasteiger partial charge in [0.05, 0.1) is 5.69 Å². The number of anilines is 1. The van der Waals surface area contributed by atoms with Crippen molar-refractivity contribution in [2.45, 2.75) is 6.92 Å². The molecule has 4 rings (SSSR count). The molecule has 0 aliphatic carbocycles. The molecule has 0 aromatic heterocycles. The normalized spacial score (nSPS) is 13.6. The van der Waals surface area contributed by atoms with E-state index in [2.05, 4.69) is 15.5 Å². The molecule has 0 spiro atoms. The monoisotopic (exact) mass is 415 g/mol. The van der Waals surface area contributed by atoms with Gasteiger partial charge in [0.1, 0.15) is 13.2 Å². The lowest BCUT2D eigenvalue weighted by atomic mass is 10.1. The molecule has 156 valence electrons. The van der Waals surface area contributed by atoms with E-state index in [0.29, 0.717) is 41.7 Å². The van der Waals surface area contributed by atoms with E-state index in [1.165, 1.54) is 0 Å². The van der Waals surface area contributed by atoms with Crippen LogP contribution in [0.25, 0.3) is 5.76 Å². The van der Waals surface area contributed by atoms with Crippen molar-refractivity contribution in [1.29, 1.82) is 0 Å². The molecular weight excluding hydrogens is 394 g/mol. The maximum atomic E-state index is 13.0. The number of hydrogen-bond acceptors (Lipinski definition) is 6. The van der Waals surface area contributed by atoms with Crippen molar-refractivity contribution in [1.82, 2.24) is 0 Å². The summed E-state index contributed by atoms with van der Waals surface area (Å²) in [7, 11) is 0. The number of aliphatic hydroxyl groups excluding tert-OH is 1. The molecule has 7 heteroatoms. The van der Waals surface area contributed by atoms with Crippen molar-refractivity contribution in [3.8, 4) is 11.5 Å². The summed E-state index contributed by atoms with van der Waals surface area (Å²) in [6, 6.07) is 21.2. The lowest BCUT2D eigenvalue weighted by Gasteiger charge is -2.17. The minimum atomic E-state index is -0.576. The van der Waals surface area contributed by atoms with Gasteiger partial charge in [0.15, 0.2) is 23.0 Å². The lowest BCUT2D eigenvalue weighted by molar-refractivity contribution is -0.112. The van der Waals surface area contributed by atoms with Crippen molar-refractivity contribution in [3.05, 3.63) is 89.6 Å². The van der Waals surface area contributed by atoms with Crippen molar-refractivity contribution in [3.63, 3.8) is 0 Å². The zero-order chi connectivity index (χ0) is 21.6. The van der Waals surface area contributed by atoms with Crippen LogP contribution in [0.4, 0.5) is 11.4 Å². The summed E-state index contributed by atoms with van der Waals surface area (Å²) in [5.41, 5.74) is 2.30. The Morgan fingerprint density at radius 1 is 0.935 bits per heavy atom. The van der Waals surface area contributed by atoms with Crippen molar-refractivity contribution >= 4 is 23.0 Å². The van der Waals surface area contributed by atoms with E-state index < -0.39 is 5.91 Å². The maximum Gasteiger partial charge on any atom is 0.280 e. The molecule has 3 aromatic carbocycles. The number of ether oxygens (including phenoxy) is 2. The fraction of sp³-hybridized carbons (Fsp3) is 0.125. The summed E-state index contributed by atoms with van der Waals surface area (Å²) in [6.45, 7) is 2.87. The Bertz CT molecular complexity index is 1160. The fourth-order valence-corrected chi connectivity index (χ4v) is 3.05. The highest BCUT2D eigenvalue weighted by molar-refractivity contribution is 6.07. The number of carbonyl (C=O) groups excluding carboxylic acids is 1. The molecule has 0 fully saturated rings. The number of rotatable bonds is 5. The number of aliphatic hydroxyl groups is 1. The van der Waals surface area contributed by atoms with E-state index in [4.69, 9.17) is 9.47 Å². The molecule has 0 atom stereocenters. The van der Waals surface area contributed by atoms with Gasteiger partial charge in [-0.05, 0) is 36.8 Å². The Balaban J connectivity index is 1.67. The van der Waals surface area contributed by atoms with Gasteiger partial charge in [-0.2, -0.15) is 5.11 Å². The summed E-state index contributed by atoms with van der Waals surface area (Å²) in [5.74, 6) is 0.343. The quantitative estimate of drug-likeness (QED) is 0.331. The van der Waals surface area contributed by atoms with Gasteiger partial charge in [-0.15, -0.1) is 5.11 Å². The van der Waals surface area contributed by atoms with Gasteiger partial charge in [0, 0.05) is 17.3 Å². The number of hydrogen-bond donors (Lipinski definition) is 2. The minimum absolute atomic E-state index is 0.206. The standard InChI is InChI=1S/C24H21N3O4/c1-16-6-5-9-18(14-16)25-24(29)22(23(28)17-7-3-2-4-8-17)27-26-19-10-11-20-21(15-19)31-13-12-30-20/h2-11,14-15,28H,12-13H2,1H3,(H,25,29)/b23-22+,27-26?. The second-order valence-electron chi connectivity index (χ2n) is 6.91. The van der Waals surface area contributed by atoms with E-state index >= 15 is 0 Å². The van der Waals surface area contributed by atoms with E-state index in [0.717, 1.165) is 5.56 Å². The van der Waals surface area contributed by atoms with E-state index in [1.807, 2.05) is 31.2 Å². The molecule has 2 N–H and O–H groups in total. The predicted molar refractivity (Wildman–Crippen MR) is 118 cm³/mol. The van der Waals surface area contributed by atoms with Crippen molar-refractivity contribution in [2.75, 3.05) is 18.5 Å². The summed E-state index contributed by atoms with van der Waals surface area (Å²) in [6.07, 6.45) is 0. The Morgan fingerprint density at radius 3 is 2.48 bits per heavy atom. The van der Waals surface area contributed by atoms with Crippen LogP contribution < -0.4 is 14.8 Å². The Kier molecular flexibility index (Phi) is 5.93. The third-order valence-electron chi connectivity index (χ3n) is 4.55. The van der Waals surface area contributed by atoms with Gasteiger partial charge in [0.25, 0.3) is 5.91 Å². The first kappa shape index (κ1) is 20.2. The molecule has 1 aliphatic rings. The highest BCUT2D eigenvalue weighted by atomic mass is 16.6. The van der Waals surface area contributed by atoms with Crippen LogP contribution in [0.3, 0.4) is 0 Å². The second kappa shape index (κ2) is 9.13. The van der Waals surface area contributed by atoms with Crippen LogP contribution in [0.5, 0.6) is 11.5 Å². The molecule has 3 aromatic rings. The number of fused-ring (bicyclic) bond motifs is 1. The molecule has 31 heavy (non-hydrogen) atoms. The number of carbonyl (C=O) groups is 1. The van der Waals surface area contributed by atoms with E-state index in [-0.39, 0.29) is 11.5 Å². The number of nitrogens with zero attached hydrogens (tertiary/aromatic N) is 2. The van der Waals surface area contributed by atoms with Crippen molar-refractivity contribution in [2.24, 2.45) is 10.2 Å². The first-order chi connectivity index (χ1) is 15.1. The molecule has 1 aliphatic heterocycles. The molecule has 1 amide bonds. The molecule has 7 nitrogen and oxygen atoms in total. The SMILES string of the molecule is Cc1cccc(NC(=O)/C(N=Nc2ccc3c(c2)OCCO3)=C(\O)c2ccccc2)c1. The summed E-state index contributed by atoms with van der Waals surface area (Å²) in [4.78, 5) is 13.0. The summed E-state index contributed by atoms with van der Waals surface area (Å²) < 4.78 is 11.1. The maximum absolute atomic E-state index is 13.0. The summed E-state index contributed by atoms with van der Waals surface area (Å²) in [5, 5.41) is 21.8. The van der Waals surface area contributed by atoms with Crippen LogP contribution in [0, 0.1) is 6.92 Å². The van der Waals surface area contributed by atoms with Crippen LogP contribution in [-0.4, -0.2) is 24.2 Å². The lowest BCUT2D eigenvalue weighted by Crippen LogP contribution is -2.15. The van der Waals surface area contributed by atoms with Crippen LogP contribution in [0.15, 0.2) is 88.7 Å². The average molecular weight is 415 g/mol. The molecule has 0 bridgehead atoms. The first-order valence-electron chi connectivity index (χ1n) is 9.78. The van der Waals surface area contributed by atoms with Crippen LogP contribution >= 0.6 is 0 Å². The molecule has 1 heterocycles. The highest BCUT2D eigenvalue weighted by Gasteiger charge is 2.18. The molecule has 0 radical (unpaired) electrons. The van der Waals surface area contributed by atoms with Crippen molar-refractivity contribution < 1.29 is 19.4 Å². The first-order valence-corrected chi connectivity index (χ1v) is 9.78. The molecular formula is C24H21N3O4. The number of benzene rings is 3. The van der Waals surface area contributed by atoms with Crippen LogP contribution in [-0.2, 0) is 4.79 Å². The van der Waals surface area contributed by atoms with Gasteiger partial charge in [-0.3, -0.25) is 4.79 Å². The van der Waals surface area contributed by atoms with E-state index in [9.17, 15) is 9.90 Å². The molecule has 0 saturated heterocycles. The number of amides is 1. The fourth-order valence-electron chi connectivity index (χ4n) is 3.05. The predicted octanol–water partition coefficient (Wildman–Crippen LogP) is 5.42. The molecule has 0 unspecified atom stereocenters. The molecule has 0 saturated carbocycles. The number of azo groups is 1. The van der Waals surface area contributed by atoms with Gasteiger partial charge in [0.2, 0.25) is 0 Å². The minimum Gasteiger partial charge on any atom is -0.505 e. The number of nitrogens with one attached hydrogen (secondary N) is 1.